The van der Waals surface area contributed by atoms with E-state index < -0.39 is 24.6 Å². The monoisotopic (exact) mass is 228 g/mol. The van der Waals surface area contributed by atoms with Crippen LogP contribution in [-0.2, 0) is 9.63 Å². The van der Waals surface area contributed by atoms with E-state index >= 15 is 0 Å². The van der Waals surface area contributed by atoms with Gasteiger partial charge in [-0.15, -0.1) is 0 Å². The maximum absolute atomic E-state index is 11.6. The lowest BCUT2D eigenvalue weighted by Gasteiger charge is -2.13. The molecule has 0 aliphatic rings. The Morgan fingerprint density at radius 1 is 1.47 bits per heavy atom. The molecular formula is C8H15F3N2O2. The van der Waals surface area contributed by atoms with Crippen LogP contribution in [0.4, 0.5) is 13.2 Å². The van der Waals surface area contributed by atoms with Crippen LogP contribution >= 0.6 is 0 Å². The summed E-state index contributed by atoms with van der Waals surface area (Å²) < 4.78 is 34.9. The van der Waals surface area contributed by atoms with Crippen molar-refractivity contribution in [3.63, 3.8) is 0 Å². The van der Waals surface area contributed by atoms with Gasteiger partial charge in [-0.05, 0) is 6.54 Å². The highest BCUT2D eigenvalue weighted by atomic mass is 19.4. The van der Waals surface area contributed by atoms with Gasteiger partial charge in [0.15, 0.2) is 6.61 Å². The van der Waals surface area contributed by atoms with E-state index in [0.717, 1.165) is 0 Å². The molecule has 7 heteroatoms. The van der Waals surface area contributed by atoms with E-state index in [1.807, 2.05) is 6.92 Å². The van der Waals surface area contributed by atoms with Crippen LogP contribution in [-0.4, -0.2) is 31.8 Å². The lowest BCUT2D eigenvalue weighted by molar-refractivity contribution is -0.192. The molecule has 0 aromatic heterocycles. The van der Waals surface area contributed by atoms with Crippen LogP contribution in [0.25, 0.3) is 0 Å². The van der Waals surface area contributed by atoms with Gasteiger partial charge in [-0.3, -0.25) is 9.63 Å². The molecule has 0 heterocycles. The molecule has 0 aliphatic carbocycles. The second-order valence-corrected chi connectivity index (χ2v) is 3.08. The minimum Gasteiger partial charge on any atom is -0.316 e. The normalized spacial score (nSPS) is 13.7. The van der Waals surface area contributed by atoms with Crippen molar-refractivity contribution in [2.24, 2.45) is 5.92 Å². The standard InChI is InChI=1S/C8H15F3N2O2/c1-3-12-4-6(2)7(14)13-15-5-8(9,10)11/h6,12H,3-5H2,1-2H3,(H,13,14). The first-order valence-electron chi connectivity index (χ1n) is 4.56. The van der Waals surface area contributed by atoms with Gasteiger partial charge in [-0.1, -0.05) is 13.8 Å². The van der Waals surface area contributed by atoms with Gasteiger partial charge in [0.2, 0.25) is 5.91 Å². The molecule has 0 saturated heterocycles. The third-order valence-corrected chi connectivity index (χ3v) is 1.56. The van der Waals surface area contributed by atoms with Crippen molar-refractivity contribution in [2.45, 2.75) is 20.0 Å². The average molecular weight is 228 g/mol. The average Bonchev–Trinajstić information content (AvgIpc) is 2.11. The molecular weight excluding hydrogens is 213 g/mol. The summed E-state index contributed by atoms with van der Waals surface area (Å²) in [5.41, 5.74) is 1.75. The van der Waals surface area contributed by atoms with Gasteiger partial charge in [0.05, 0.1) is 0 Å². The molecule has 0 aromatic carbocycles. The molecule has 2 N–H and O–H groups in total. The maximum atomic E-state index is 11.6. The molecule has 0 spiro atoms. The second-order valence-electron chi connectivity index (χ2n) is 3.08. The molecule has 0 radical (unpaired) electrons. The Bertz CT molecular complexity index is 197. The Kier molecular flexibility index (Phi) is 6.26. The van der Waals surface area contributed by atoms with E-state index in [2.05, 4.69) is 10.2 Å². The molecule has 0 saturated carbocycles. The van der Waals surface area contributed by atoms with Crippen molar-refractivity contribution in [1.29, 1.82) is 0 Å². The number of amides is 1. The van der Waals surface area contributed by atoms with Crippen LogP contribution in [0.1, 0.15) is 13.8 Å². The zero-order valence-corrected chi connectivity index (χ0v) is 8.65. The van der Waals surface area contributed by atoms with Crippen molar-refractivity contribution in [2.75, 3.05) is 19.7 Å². The highest BCUT2D eigenvalue weighted by Gasteiger charge is 2.28. The van der Waals surface area contributed by atoms with Gasteiger partial charge in [0, 0.05) is 12.5 Å². The Morgan fingerprint density at radius 2 is 2.07 bits per heavy atom. The van der Waals surface area contributed by atoms with Crippen molar-refractivity contribution in [3.8, 4) is 0 Å². The summed E-state index contributed by atoms with van der Waals surface area (Å²) in [5.74, 6) is -1.00. The lowest BCUT2D eigenvalue weighted by Crippen LogP contribution is -2.37. The van der Waals surface area contributed by atoms with Crippen LogP contribution in [0.2, 0.25) is 0 Å². The number of halogens is 3. The van der Waals surface area contributed by atoms with E-state index in [-0.39, 0.29) is 0 Å². The van der Waals surface area contributed by atoms with E-state index in [0.29, 0.717) is 13.1 Å². The third-order valence-electron chi connectivity index (χ3n) is 1.56. The number of hydrogen-bond acceptors (Lipinski definition) is 3. The first-order chi connectivity index (χ1) is 6.87. The molecule has 0 fully saturated rings. The fourth-order valence-corrected chi connectivity index (χ4v) is 0.743. The maximum Gasteiger partial charge on any atom is 0.414 e. The molecule has 0 bridgehead atoms. The summed E-state index contributed by atoms with van der Waals surface area (Å²) in [4.78, 5) is 15.1. The van der Waals surface area contributed by atoms with Crippen LogP contribution in [0.3, 0.4) is 0 Å². The first-order valence-corrected chi connectivity index (χ1v) is 4.56. The van der Waals surface area contributed by atoms with Crippen molar-refractivity contribution in [3.05, 3.63) is 0 Å². The molecule has 1 unspecified atom stereocenters. The molecule has 0 aromatic rings. The van der Waals surface area contributed by atoms with Gasteiger partial charge >= 0.3 is 6.18 Å². The number of carbonyl (C=O) groups excluding carboxylic acids is 1. The van der Waals surface area contributed by atoms with Crippen LogP contribution in [0.5, 0.6) is 0 Å². The van der Waals surface area contributed by atoms with Crippen molar-refractivity contribution in [1.82, 2.24) is 10.8 Å². The molecule has 15 heavy (non-hydrogen) atoms. The molecule has 0 aliphatic heterocycles. The topological polar surface area (TPSA) is 50.4 Å². The summed E-state index contributed by atoms with van der Waals surface area (Å²) in [6.45, 7) is 3.07. The Balaban J connectivity index is 3.64. The summed E-state index contributed by atoms with van der Waals surface area (Å²) in [6.07, 6.45) is -4.43. The van der Waals surface area contributed by atoms with Gasteiger partial charge < -0.3 is 5.32 Å². The Labute approximate surface area is 86.1 Å². The third kappa shape index (κ3) is 8.19. The van der Waals surface area contributed by atoms with E-state index in [9.17, 15) is 18.0 Å². The van der Waals surface area contributed by atoms with Gasteiger partial charge in [0.1, 0.15) is 0 Å². The van der Waals surface area contributed by atoms with Gasteiger partial charge in [-0.2, -0.15) is 13.2 Å². The summed E-state index contributed by atoms with van der Waals surface area (Å²) >= 11 is 0. The van der Waals surface area contributed by atoms with E-state index in [1.165, 1.54) is 0 Å². The predicted octanol–water partition coefficient (Wildman–Crippen LogP) is 0.842. The Morgan fingerprint density at radius 3 is 2.53 bits per heavy atom. The minimum atomic E-state index is -4.43. The lowest BCUT2D eigenvalue weighted by atomic mass is 10.2. The summed E-state index contributed by atoms with van der Waals surface area (Å²) in [7, 11) is 0. The van der Waals surface area contributed by atoms with Crippen molar-refractivity contribution < 1.29 is 22.8 Å². The number of alkyl halides is 3. The highest BCUT2D eigenvalue weighted by Crippen LogP contribution is 2.13. The van der Waals surface area contributed by atoms with E-state index in [1.54, 1.807) is 12.4 Å². The second kappa shape index (κ2) is 6.62. The van der Waals surface area contributed by atoms with Crippen LogP contribution < -0.4 is 10.8 Å². The zero-order chi connectivity index (χ0) is 11.9. The number of hydrogen-bond donors (Lipinski definition) is 2. The molecule has 90 valence electrons. The first kappa shape index (κ1) is 14.2. The van der Waals surface area contributed by atoms with Crippen molar-refractivity contribution >= 4 is 5.91 Å². The SMILES string of the molecule is CCNCC(C)C(=O)NOCC(F)(F)F. The largest absolute Gasteiger partial charge is 0.414 e. The van der Waals surface area contributed by atoms with Crippen LogP contribution in [0, 0.1) is 5.92 Å². The molecule has 1 atom stereocenters. The predicted molar refractivity (Wildman–Crippen MR) is 47.9 cm³/mol. The number of nitrogens with one attached hydrogen (secondary N) is 2. The van der Waals surface area contributed by atoms with Crippen LogP contribution in [0.15, 0.2) is 0 Å². The quantitative estimate of drug-likeness (QED) is 0.662. The summed E-state index contributed by atoms with van der Waals surface area (Å²) in [5, 5.41) is 2.90. The fraction of sp³-hybridized carbons (Fsp3) is 0.875. The zero-order valence-electron chi connectivity index (χ0n) is 8.65. The molecule has 0 rings (SSSR count). The Hall–Kier alpha value is -0.820. The number of carbonyl (C=O) groups is 1. The van der Waals surface area contributed by atoms with Gasteiger partial charge in [0.25, 0.3) is 0 Å². The van der Waals surface area contributed by atoms with E-state index in [4.69, 9.17) is 0 Å². The fourth-order valence-electron chi connectivity index (χ4n) is 0.743. The minimum absolute atomic E-state index is 0.401. The summed E-state index contributed by atoms with van der Waals surface area (Å²) in [6, 6.07) is 0. The number of hydroxylamine groups is 1. The van der Waals surface area contributed by atoms with Gasteiger partial charge in [-0.25, -0.2) is 5.48 Å². The molecule has 1 amide bonds. The number of rotatable bonds is 6. The smallest absolute Gasteiger partial charge is 0.316 e. The molecule has 4 nitrogen and oxygen atoms in total. The highest BCUT2D eigenvalue weighted by molar-refractivity contribution is 5.77.